The van der Waals surface area contributed by atoms with Gasteiger partial charge in [-0.2, -0.15) is 0 Å². The summed E-state index contributed by atoms with van der Waals surface area (Å²) >= 11 is 0. The highest BCUT2D eigenvalue weighted by molar-refractivity contribution is 5.71. The molecule has 0 spiro atoms. The summed E-state index contributed by atoms with van der Waals surface area (Å²) in [5, 5.41) is 19.9. The van der Waals surface area contributed by atoms with Gasteiger partial charge in [0.15, 0.2) is 0 Å². The van der Waals surface area contributed by atoms with E-state index in [-0.39, 0.29) is 10.8 Å². The zero-order valence-corrected chi connectivity index (χ0v) is 11.8. The van der Waals surface area contributed by atoms with Crippen LogP contribution in [0.2, 0.25) is 0 Å². The lowest BCUT2D eigenvalue weighted by Crippen LogP contribution is -2.55. The third-order valence-electron chi connectivity index (χ3n) is 6.15. The first kappa shape index (κ1) is 13.9. The minimum atomic E-state index is -1.02. The van der Waals surface area contributed by atoms with Gasteiger partial charge in [0.25, 0.3) is 0 Å². The van der Waals surface area contributed by atoms with Gasteiger partial charge in [-0.3, -0.25) is 4.79 Å². The summed E-state index contributed by atoms with van der Waals surface area (Å²) in [5.41, 5.74) is -0.630. The standard InChI is InChI=1S/C15H26O3/c1-11(12(16)17)15(18)9-8-13(2)6-4-5-7-14(13,3)10-15/h11,18H,4-10H2,1-3H3,(H,16,17)/t11?,13-,14+,15-/m0/s1. The summed E-state index contributed by atoms with van der Waals surface area (Å²) in [7, 11) is 0. The molecule has 0 radical (unpaired) electrons. The minimum Gasteiger partial charge on any atom is -0.481 e. The second kappa shape index (κ2) is 4.22. The van der Waals surface area contributed by atoms with E-state index in [1.54, 1.807) is 6.92 Å². The second-order valence-electron chi connectivity index (χ2n) is 7.17. The van der Waals surface area contributed by atoms with Gasteiger partial charge in [0.2, 0.25) is 0 Å². The SMILES string of the molecule is CC(C(=O)O)[C@]1(O)CC[C@]2(C)CCCC[C@]2(C)C1. The molecule has 0 bridgehead atoms. The first-order chi connectivity index (χ1) is 8.23. The van der Waals surface area contributed by atoms with Crippen LogP contribution in [0.15, 0.2) is 0 Å². The molecular formula is C15H26O3. The maximum atomic E-state index is 11.2. The number of fused-ring (bicyclic) bond motifs is 1. The van der Waals surface area contributed by atoms with E-state index in [0.717, 1.165) is 12.8 Å². The Bertz CT molecular complexity index is 354. The average molecular weight is 254 g/mol. The normalized spacial score (nSPS) is 46.2. The van der Waals surface area contributed by atoms with E-state index in [9.17, 15) is 15.0 Å². The molecule has 2 aliphatic rings. The van der Waals surface area contributed by atoms with Gasteiger partial charge in [-0.25, -0.2) is 0 Å². The Balaban J connectivity index is 2.25. The van der Waals surface area contributed by atoms with Crippen molar-refractivity contribution in [1.82, 2.24) is 0 Å². The third kappa shape index (κ3) is 1.97. The fraction of sp³-hybridized carbons (Fsp3) is 0.933. The van der Waals surface area contributed by atoms with Gasteiger partial charge in [-0.05, 0) is 49.9 Å². The van der Waals surface area contributed by atoms with Crippen molar-refractivity contribution in [3.8, 4) is 0 Å². The summed E-state index contributed by atoms with van der Waals surface area (Å²) in [6.07, 6.45) is 7.07. The lowest BCUT2D eigenvalue weighted by molar-refractivity contribution is -0.173. The first-order valence-electron chi connectivity index (χ1n) is 7.18. The maximum Gasteiger partial charge on any atom is 0.309 e. The zero-order chi connectivity index (χ0) is 13.6. The quantitative estimate of drug-likeness (QED) is 0.795. The minimum absolute atomic E-state index is 0.0992. The molecule has 3 nitrogen and oxygen atoms in total. The Morgan fingerprint density at radius 3 is 2.17 bits per heavy atom. The number of rotatable bonds is 2. The smallest absolute Gasteiger partial charge is 0.309 e. The van der Waals surface area contributed by atoms with Crippen LogP contribution in [-0.4, -0.2) is 21.8 Å². The summed E-state index contributed by atoms with van der Waals surface area (Å²) in [4.78, 5) is 11.2. The van der Waals surface area contributed by atoms with Crippen molar-refractivity contribution in [1.29, 1.82) is 0 Å². The Morgan fingerprint density at radius 2 is 1.61 bits per heavy atom. The molecule has 104 valence electrons. The van der Waals surface area contributed by atoms with Crippen LogP contribution in [0.25, 0.3) is 0 Å². The average Bonchev–Trinajstić information content (AvgIpc) is 2.29. The number of hydrogen-bond acceptors (Lipinski definition) is 2. The largest absolute Gasteiger partial charge is 0.481 e. The van der Waals surface area contributed by atoms with Crippen molar-refractivity contribution in [2.24, 2.45) is 16.7 Å². The van der Waals surface area contributed by atoms with Gasteiger partial charge >= 0.3 is 5.97 Å². The molecule has 0 aromatic heterocycles. The molecule has 0 amide bonds. The second-order valence-corrected chi connectivity index (χ2v) is 7.17. The molecule has 1 unspecified atom stereocenters. The summed E-state index contributed by atoms with van der Waals surface area (Å²) in [6, 6.07) is 0. The van der Waals surface area contributed by atoms with E-state index in [2.05, 4.69) is 13.8 Å². The molecule has 2 rings (SSSR count). The fourth-order valence-electron chi connectivity index (χ4n) is 4.22. The number of carboxylic acid groups (broad SMARTS) is 1. The van der Waals surface area contributed by atoms with Gasteiger partial charge in [0.05, 0.1) is 11.5 Å². The topological polar surface area (TPSA) is 57.5 Å². The summed E-state index contributed by atoms with van der Waals surface area (Å²) in [5.74, 6) is -1.54. The number of carboxylic acids is 1. The predicted octanol–water partition coefficient (Wildman–Crippen LogP) is 3.21. The van der Waals surface area contributed by atoms with Crippen molar-refractivity contribution in [3.05, 3.63) is 0 Å². The number of hydrogen-bond donors (Lipinski definition) is 2. The molecule has 0 saturated heterocycles. The van der Waals surface area contributed by atoms with Crippen LogP contribution in [-0.2, 0) is 4.79 Å². The fourth-order valence-corrected chi connectivity index (χ4v) is 4.22. The van der Waals surface area contributed by atoms with E-state index in [1.807, 2.05) is 0 Å². The lowest BCUT2D eigenvalue weighted by atomic mass is 9.48. The summed E-state index contributed by atoms with van der Waals surface area (Å²) in [6.45, 7) is 6.24. The molecule has 0 aromatic carbocycles. The molecular weight excluding hydrogens is 228 g/mol. The highest BCUT2D eigenvalue weighted by atomic mass is 16.4. The Morgan fingerprint density at radius 1 is 1.06 bits per heavy atom. The van der Waals surface area contributed by atoms with Crippen molar-refractivity contribution < 1.29 is 15.0 Å². The number of carbonyl (C=O) groups is 1. The van der Waals surface area contributed by atoms with E-state index in [0.29, 0.717) is 12.8 Å². The Kier molecular flexibility index (Phi) is 3.25. The van der Waals surface area contributed by atoms with E-state index < -0.39 is 17.5 Å². The van der Waals surface area contributed by atoms with Gasteiger partial charge in [0, 0.05) is 0 Å². The lowest BCUT2D eigenvalue weighted by Gasteiger charge is -2.58. The van der Waals surface area contributed by atoms with Crippen molar-refractivity contribution in [3.63, 3.8) is 0 Å². The monoisotopic (exact) mass is 254 g/mol. The molecule has 0 aliphatic heterocycles. The van der Waals surface area contributed by atoms with Crippen molar-refractivity contribution >= 4 is 5.97 Å². The third-order valence-corrected chi connectivity index (χ3v) is 6.15. The first-order valence-corrected chi connectivity index (χ1v) is 7.18. The van der Waals surface area contributed by atoms with Gasteiger partial charge in [0.1, 0.15) is 0 Å². The molecule has 4 atom stereocenters. The number of aliphatic carboxylic acids is 1. The Labute approximate surface area is 110 Å². The molecule has 3 heteroatoms. The molecule has 2 saturated carbocycles. The molecule has 2 N–H and O–H groups in total. The van der Waals surface area contributed by atoms with Crippen LogP contribution in [0.3, 0.4) is 0 Å². The van der Waals surface area contributed by atoms with Gasteiger partial charge in [-0.1, -0.05) is 26.7 Å². The zero-order valence-electron chi connectivity index (χ0n) is 11.8. The maximum absolute atomic E-state index is 11.2. The van der Waals surface area contributed by atoms with E-state index >= 15 is 0 Å². The summed E-state index contributed by atoms with van der Waals surface area (Å²) < 4.78 is 0. The molecule has 18 heavy (non-hydrogen) atoms. The van der Waals surface area contributed by atoms with E-state index in [1.165, 1.54) is 19.3 Å². The van der Waals surface area contributed by atoms with Crippen LogP contribution >= 0.6 is 0 Å². The molecule has 0 aromatic rings. The van der Waals surface area contributed by atoms with E-state index in [4.69, 9.17) is 0 Å². The van der Waals surface area contributed by atoms with Gasteiger partial charge in [-0.15, -0.1) is 0 Å². The van der Waals surface area contributed by atoms with Crippen LogP contribution in [0.5, 0.6) is 0 Å². The van der Waals surface area contributed by atoms with Gasteiger partial charge < -0.3 is 10.2 Å². The highest BCUT2D eigenvalue weighted by Crippen LogP contribution is 2.61. The highest BCUT2D eigenvalue weighted by Gasteiger charge is 2.56. The van der Waals surface area contributed by atoms with Crippen LogP contribution in [0.4, 0.5) is 0 Å². The van der Waals surface area contributed by atoms with Crippen LogP contribution < -0.4 is 0 Å². The number of aliphatic hydroxyl groups is 1. The van der Waals surface area contributed by atoms with Crippen molar-refractivity contribution in [2.45, 2.75) is 71.3 Å². The van der Waals surface area contributed by atoms with Crippen LogP contribution in [0.1, 0.15) is 65.7 Å². The molecule has 2 fully saturated rings. The molecule has 0 heterocycles. The van der Waals surface area contributed by atoms with Crippen molar-refractivity contribution in [2.75, 3.05) is 0 Å². The van der Waals surface area contributed by atoms with Crippen LogP contribution in [0, 0.1) is 16.7 Å². The Hall–Kier alpha value is -0.570. The predicted molar refractivity (Wildman–Crippen MR) is 70.3 cm³/mol. The molecule has 2 aliphatic carbocycles.